The van der Waals surface area contributed by atoms with Crippen molar-refractivity contribution in [2.75, 3.05) is 25.9 Å². The molecule has 1 aromatic rings. The Labute approximate surface area is 121 Å². The number of likely N-dealkylation sites (tertiary alicyclic amines) is 1. The second-order valence-corrected chi connectivity index (χ2v) is 5.25. The third kappa shape index (κ3) is 3.47. The van der Waals surface area contributed by atoms with Gasteiger partial charge in [0.1, 0.15) is 0 Å². The molecule has 1 unspecified atom stereocenters. The summed E-state index contributed by atoms with van der Waals surface area (Å²) >= 11 is 0. The Morgan fingerprint density at radius 1 is 1.48 bits per heavy atom. The Morgan fingerprint density at radius 3 is 2.76 bits per heavy atom. The van der Waals surface area contributed by atoms with E-state index in [9.17, 15) is 18.0 Å². The fourth-order valence-electron chi connectivity index (χ4n) is 2.55. The molecule has 1 heterocycles. The van der Waals surface area contributed by atoms with Crippen LogP contribution in [0.1, 0.15) is 28.8 Å². The number of nitrogens with zero attached hydrogens (tertiary/aromatic N) is 1. The van der Waals surface area contributed by atoms with Gasteiger partial charge >= 0.3 is 6.18 Å². The largest absolute Gasteiger partial charge is 0.418 e. The molecule has 3 N–H and O–H groups in total. The lowest BCUT2D eigenvalue weighted by Crippen LogP contribution is -2.38. The molecule has 1 fully saturated rings. The van der Waals surface area contributed by atoms with Crippen LogP contribution in [0.3, 0.4) is 0 Å². The molecule has 1 aromatic carbocycles. The molecule has 0 spiro atoms. The van der Waals surface area contributed by atoms with Crippen LogP contribution in [-0.4, -0.2) is 37.0 Å². The van der Waals surface area contributed by atoms with Crippen LogP contribution in [-0.2, 0) is 6.18 Å². The molecular weight excluding hydrogens is 283 g/mol. The second-order valence-electron chi connectivity index (χ2n) is 5.25. The van der Waals surface area contributed by atoms with Gasteiger partial charge in [-0.2, -0.15) is 13.2 Å². The highest BCUT2D eigenvalue weighted by Gasteiger charge is 2.34. The minimum absolute atomic E-state index is 0.134. The van der Waals surface area contributed by atoms with Crippen LogP contribution in [0.2, 0.25) is 0 Å². The summed E-state index contributed by atoms with van der Waals surface area (Å²) in [5.74, 6) is -0.570. The number of anilines is 1. The summed E-state index contributed by atoms with van der Waals surface area (Å²) in [6.07, 6.45) is -2.54. The Hall–Kier alpha value is -1.76. The fourth-order valence-corrected chi connectivity index (χ4v) is 2.55. The molecule has 1 saturated heterocycles. The van der Waals surface area contributed by atoms with Crippen LogP contribution in [0.5, 0.6) is 0 Å². The van der Waals surface area contributed by atoms with E-state index in [0.29, 0.717) is 6.54 Å². The first-order chi connectivity index (χ1) is 9.80. The highest BCUT2D eigenvalue weighted by molar-refractivity contribution is 5.99. The molecule has 1 amide bonds. The van der Waals surface area contributed by atoms with Crippen molar-refractivity contribution in [3.05, 3.63) is 29.3 Å². The van der Waals surface area contributed by atoms with Gasteiger partial charge in [0.2, 0.25) is 0 Å². The lowest BCUT2D eigenvalue weighted by molar-refractivity contribution is -0.136. The number of amides is 1. The summed E-state index contributed by atoms with van der Waals surface area (Å²) in [5, 5.41) is 2.66. The predicted molar refractivity (Wildman–Crippen MR) is 73.8 cm³/mol. The Bertz CT molecular complexity index is 531. The maximum Gasteiger partial charge on any atom is 0.418 e. The SMILES string of the molecule is CN1CCCC1CNC(=O)c1cccc(C(F)(F)F)c1N. The van der Waals surface area contributed by atoms with Crippen molar-refractivity contribution < 1.29 is 18.0 Å². The smallest absolute Gasteiger partial charge is 0.398 e. The van der Waals surface area contributed by atoms with E-state index >= 15 is 0 Å². The molecule has 116 valence electrons. The van der Waals surface area contributed by atoms with Gasteiger partial charge in [-0.05, 0) is 38.6 Å². The van der Waals surface area contributed by atoms with Crippen LogP contribution in [0, 0.1) is 0 Å². The molecule has 0 aromatic heterocycles. The molecule has 4 nitrogen and oxygen atoms in total. The molecule has 0 radical (unpaired) electrons. The van der Waals surface area contributed by atoms with E-state index in [4.69, 9.17) is 5.73 Å². The monoisotopic (exact) mass is 301 g/mol. The van der Waals surface area contributed by atoms with Gasteiger partial charge in [0.25, 0.3) is 5.91 Å². The lowest BCUT2D eigenvalue weighted by Gasteiger charge is -2.20. The number of para-hydroxylation sites is 1. The van der Waals surface area contributed by atoms with Gasteiger partial charge in [-0.1, -0.05) is 6.07 Å². The Kier molecular flexibility index (Phi) is 4.41. The van der Waals surface area contributed by atoms with Crippen molar-refractivity contribution in [1.29, 1.82) is 0 Å². The molecule has 2 rings (SSSR count). The van der Waals surface area contributed by atoms with E-state index in [0.717, 1.165) is 25.5 Å². The molecule has 1 aliphatic heterocycles. The number of nitrogens with one attached hydrogen (secondary N) is 1. The molecular formula is C14H18F3N3O. The van der Waals surface area contributed by atoms with Crippen molar-refractivity contribution in [3.63, 3.8) is 0 Å². The number of rotatable bonds is 3. The number of carbonyl (C=O) groups excluding carboxylic acids is 1. The van der Waals surface area contributed by atoms with Crippen LogP contribution in [0.25, 0.3) is 0 Å². The molecule has 1 atom stereocenters. The number of likely N-dealkylation sites (N-methyl/N-ethyl adjacent to an activating group) is 1. The molecule has 0 aliphatic carbocycles. The number of carbonyl (C=O) groups is 1. The molecule has 21 heavy (non-hydrogen) atoms. The Morgan fingerprint density at radius 2 is 2.19 bits per heavy atom. The zero-order valence-corrected chi connectivity index (χ0v) is 11.7. The first-order valence-electron chi connectivity index (χ1n) is 6.75. The highest BCUT2D eigenvalue weighted by atomic mass is 19.4. The van der Waals surface area contributed by atoms with Crippen molar-refractivity contribution in [3.8, 4) is 0 Å². The van der Waals surface area contributed by atoms with Crippen LogP contribution in [0.15, 0.2) is 18.2 Å². The molecule has 7 heteroatoms. The van der Waals surface area contributed by atoms with Crippen molar-refractivity contribution in [1.82, 2.24) is 10.2 Å². The zero-order valence-electron chi connectivity index (χ0n) is 11.7. The average Bonchev–Trinajstić information content (AvgIpc) is 2.80. The normalized spacial score (nSPS) is 19.7. The number of halogens is 3. The standard InChI is InChI=1S/C14H18F3N3O/c1-20-7-3-4-9(20)8-19-13(21)10-5-2-6-11(12(10)18)14(15,16)17/h2,5-6,9H,3-4,7-8,18H2,1H3,(H,19,21). The highest BCUT2D eigenvalue weighted by Crippen LogP contribution is 2.34. The van der Waals surface area contributed by atoms with Gasteiger partial charge in [-0.25, -0.2) is 0 Å². The van der Waals surface area contributed by atoms with Gasteiger partial charge in [0, 0.05) is 12.6 Å². The number of nitrogens with two attached hydrogens (primary N) is 1. The van der Waals surface area contributed by atoms with Gasteiger partial charge in [0.05, 0.1) is 16.8 Å². The van der Waals surface area contributed by atoms with E-state index < -0.39 is 23.3 Å². The average molecular weight is 301 g/mol. The molecule has 0 bridgehead atoms. The van der Waals surface area contributed by atoms with Crippen LogP contribution >= 0.6 is 0 Å². The molecule has 0 saturated carbocycles. The van der Waals surface area contributed by atoms with Crippen LogP contribution in [0.4, 0.5) is 18.9 Å². The summed E-state index contributed by atoms with van der Waals surface area (Å²) in [7, 11) is 1.96. The summed E-state index contributed by atoms with van der Waals surface area (Å²) in [5.41, 5.74) is 3.85. The van der Waals surface area contributed by atoms with E-state index in [2.05, 4.69) is 10.2 Å². The van der Waals surface area contributed by atoms with Gasteiger partial charge < -0.3 is 16.0 Å². The quantitative estimate of drug-likeness (QED) is 0.841. The number of nitrogen functional groups attached to an aromatic ring is 1. The summed E-state index contributed by atoms with van der Waals surface area (Å²) in [4.78, 5) is 14.2. The van der Waals surface area contributed by atoms with Gasteiger partial charge in [0.15, 0.2) is 0 Å². The van der Waals surface area contributed by atoms with Crippen LogP contribution < -0.4 is 11.1 Å². The van der Waals surface area contributed by atoms with E-state index in [-0.39, 0.29) is 11.6 Å². The van der Waals surface area contributed by atoms with Gasteiger partial charge in [-0.15, -0.1) is 0 Å². The second kappa shape index (κ2) is 5.93. The van der Waals surface area contributed by atoms with Crippen molar-refractivity contribution >= 4 is 11.6 Å². The van der Waals surface area contributed by atoms with E-state index in [1.807, 2.05) is 7.05 Å². The topological polar surface area (TPSA) is 58.4 Å². The minimum Gasteiger partial charge on any atom is -0.398 e. The maximum atomic E-state index is 12.8. The zero-order chi connectivity index (χ0) is 15.6. The number of hydrogen-bond acceptors (Lipinski definition) is 3. The van der Waals surface area contributed by atoms with E-state index in [1.54, 1.807) is 0 Å². The molecule has 1 aliphatic rings. The summed E-state index contributed by atoms with van der Waals surface area (Å²) in [6.45, 7) is 1.37. The third-order valence-electron chi connectivity index (χ3n) is 3.83. The lowest BCUT2D eigenvalue weighted by atomic mass is 10.1. The Balaban J connectivity index is 2.09. The fraction of sp³-hybridized carbons (Fsp3) is 0.500. The van der Waals surface area contributed by atoms with Gasteiger partial charge in [-0.3, -0.25) is 4.79 Å². The first kappa shape index (κ1) is 15.6. The minimum atomic E-state index is -4.56. The summed E-state index contributed by atoms with van der Waals surface area (Å²) in [6, 6.07) is 3.59. The number of hydrogen-bond donors (Lipinski definition) is 2. The first-order valence-corrected chi connectivity index (χ1v) is 6.75. The number of benzene rings is 1. The van der Waals surface area contributed by atoms with E-state index in [1.165, 1.54) is 12.1 Å². The maximum absolute atomic E-state index is 12.8. The third-order valence-corrected chi connectivity index (χ3v) is 3.83. The predicted octanol–water partition coefficient (Wildman–Crippen LogP) is 2.11. The summed E-state index contributed by atoms with van der Waals surface area (Å²) < 4.78 is 38.3. The number of alkyl halides is 3. The van der Waals surface area contributed by atoms with Crippen molar-refractivity contribution in [2.24, 2.45) is 0 Å². The van der Waals surface area contributed by atoms with Crippen molar-refractivity contribution in [2.45, 2.75) is 25.1 Å².